The van der Waals surface area contributed by atoms with Gasteiger partial charge in [-0.25, -0.2) is 9.18 Å². The predicted molar refractivity (Wildman–Crippen MR) is 81.1 cm³/mol. The van der Waals surface area contributed by atoms with E-state index in [1.807, 2.05) is 0 Å². The van der Waals surface area contributed by atoms with Gasteiger partial charge in [-0.05, 0) is 45.8 Å². The van der Waals surface area contributed by atoms with E-state index in [-0.39, 0.29) is 4.47 Å². The molecular weight excluding hydrogens is 341 g/mol. The minimum absolute atomic E-state index is 0.221. The van der Waals surface area contributed by atoms with Gasteiger partial charge in [0.05, 0.1) is 11.6 Å². The van der Waals surface area contributed by atoms with Gasteiger partial charge < -0.3 is 15.2 Å². The van der Waals surface area contributed by atoms with Gasteiger partial charge in [0.1, 0.15) is 11.6 Å². The Labute approximate surface area is 129 Å². The van der Waals surface area contributed by atoms with Crippen LogP contribution < -0.4 is 10.1 Å². The first-order valence-corrected chi connectivity index (χ1v) is 6.89. The molecule has 0 fully saturated rings. The van der Waals surface area contributed by atoms with Crippen LogP contribution in [-0.4, -0.2) is 18.2 Å². The molecule has 0 aromatic heterocycles. The van der Waals surface area contributed by atoms with Gasteiger partial charge in [0, 0.05) is 11.8 Å². The minimum Gasteiger partial charge on any atom is -0.497 e. The van der Waals surface area contributed by atoms with E-state index in [4.69, 9.17) is 4.74 Å². The zero-order valence-electron chi connectivity index (χ0n) is 11.1. The first kappa shape index (κ1) is 15.3. The molecule has 0 aliphatic heterocycles. The van der Waals surface area contributed by atoms with Crippen LogP contribution in [0.15, 0.2) is 46.9 Å². The molecule has 0 radical (unpaired) electrons. The lowest BCUT2D eigenvalue weighted by atomic mass is 10.1. The van der Waals surface area contributed by atoms with Crippen molar-refractivity contribution in [2.24, 2.45) is 0 Å². The van der Waals surface area contributed by atoms with Crippen molar-refractivity contribution in [3.05, 3.63) is 58.3 Å². The van der Waals surface area contributed by atoms with Gasteiger partial charge in [0.2, 0.25) is 0 Å². The highest BCUT2D eigenvalue weighted by atomic mass is 79.9. The van der Waals surface area contributed by atoms with Gasteiger partial charge >= 0.3 is 5.97 Å². The fraction of sp³-hybridized carbons (Fsp3) is 0.133. The lowest BCUT2D eigenvalue weighted by Gasteiger charge is -2.17. The van der Waals surface area contributed by atoms with Crippen LogP contribution in [-0.2, 0) is 4.79 Å². The van der Waals surface area contributed by atoms with E-state index in [1.165, 1.54) is 25.3 Å². The third-order valence-corrected chi connectivity index (χ3v) is 3.51. The van der Waals surface area contributed by atoms with Crippen LogP contribution in [0.25, 0.3) is 0 Å². The molecule has 21 heavy (non-hydrogen) atoms. The number of anilines is 1. The molecule has 110 valence electrons. The van der Waals surface area contributed by atoms with Crippen LogP contribution in [0.1, 0.15) is 11.6 Å². The first-order valence-electron chi connectivity index (χ1n) is 6.09. The van der Waals surface area contributed by atoms with E-state index in [9.17, 15) is 14.3 Å². The van der Waals surface area contributed by atoms with Crippen molar-refractivity contribution >= 4 is 27.6 Å². The molecule has 2 aromatic rings. The molecule has 0 aliphatic rings. The molecule has 0 saturated carbocycles. The monoisotopic (exact) mass is 353 g/mol. The van der Waals surface area contributed by atoms with Gasteiger partial charge in [-0.2, -0.15) is 0 Å². The van der Waals surface area contributed by atoms with E-state index >= 15 is 0 Å². The molecule has 1 unspecified atom stereocenters. The summed E-state index contributed by atoms with van der Waals surface area (Å²) in [5, 5.41) is 12.3. The van der Waals surface area contributed by atoms with E-state index in [0.29, 0.717) is 17.0 Å². The van der Waals surface area contributed by atoms with Crippen molar-refractivity contribution in [2.45, 2.75) is 6.04 Å². The van der Waals surface area contributed by atoms with Crippen molar-refractivity contribution in [3.8, 4) is 5.75 Å². The summed E-state index contributed by atoms with van der Waals surface area (Å²) in [7, 11) is 1.53. The van der Waals surface area contributed by atoms with Crippen LogP contribution >= 0.6 is 15.9 Å². The molecule has 0 aliphatic carbocycles. The normalized spacial score (nSPS) is 11.8. The van der Waals surface area contributed by atoms with Gasteiger partial charge in [-0.3, -0.25) is 0 Å². The molecule has 0 spiro atoms. The van der Waals surface area contributed by atoms with Crippen molar-refractivity contribution in [1.29, 1.82) is 0 Å². The Morgan fingerprint density at radius 1 is 1.33 bits per heavy atom. The number of nitrogens with one attached hydrogen (secondary N) is 1. The van der Waals surface area contributed by atoms with Crippen LogP contribution in [0.4, 0.5) is 10.1 Å². The molecule has 0 heterocycles. The van der Waals surface area contributed by atoms with Crippen molar-refractivity contribution in [2.75, 3.05) is 12.4 Å². The highest BCUT2D eigenvalue weighted by molar-refractivity contribution is 9.10. The lowest BCUT2D eigenvalue weighted by molar-refractivity contribution is -0.138. The van der Waals surface area contributed by atoms with E-state index in [1.54, 1.807) is 24.3 Å². The topological polar surface area (TPSA) is 58.6 Å². The smallest absolute Gasteiger partial charge is 0.330 e. The Morgan fingerprint density at radius 2 is 2.10 bits per heavy atom. The van der Waals surface area contributed by atoms with Crippen LogP contribution in [0.5, 0.6) is 5.75 Å². The first-order chi connectivity index (χ1) is 10.0. The van der Waals surface area contributed by atoms with E-state index < -0.39 is 17.8 Å². The lowest BCUT2D eigenvalue weighted by Crippen LogP contribution is -2.20. The fourth-order valence-corrected chi connectivity index (χ4v) is 2.26. The second-order valence-electron chi connectivity index (χ2n) is 4.32. The third kappa shape index (κ3) is 3.72. The van der Waals surface area contributed by atoms with E-state index in [0.717, 1.165) is 0 Å². The summed E-state index contributed by atoms with van der Waals surface area (Å²) < 4.78 is 18.6. The number of carbonyl (C=O) groups is 1. The zero-order chi connectivity index (χ0) is 15.4. The predicted octanol–water partition coefficient (Wildman–Crippen LogP) is 3.83. The zero-order valence-corrected chi connectivity index (χ0v) is 12.7. The molecule has 0 amide bonds. The molecule has 2 rings (SSSR count). The van der Waals surface area contributed by atoms with Crippen molar-refractivity contribution < 1.29 is 19.0 Å². The van der Waals surface area contributed by atoms with E-state index in [2.05, 4.69) is 21.2 Å². The molecule has 1 atom stereocenters. The van der Waals surface area contributed by atoms with Crippen LogP contribution in [0.2, 0.25) is 0 Å². The summed E-state index contributed by atoms with van der Waals surface area (Å²) in [6, 6.07) is 10.0. The number of carboxylic acid groups (broad SMARTS) is 1. The Bertz CT molecular complexity index is 663. The summed E-state index contributed by atoms with van der Waals surface area (Å²) >= 11 is 3.06. The maximum atomic E-state index is 13.3. The molecule has 0 saturated heterocycles. The van der Waals surface area contributed by atoms with Gasteiger partial charge in [-0.15, -0.1) is 0 Å². The molecule has 2 N–H and O–H groups in total. The highest BCUT2D eigenvalue weighted by Gasteiger charge is 2.20. The maximum absolute atomic E-state index is 13.3. The highest BCUT2D eigenvalue weighted by Crippen LogP contribution is 2.26. The summed E-state index contributed by atoms with van der Waals surface area (Å²) in [4.78, 5) is 11.5. The Morgan fingerprint density at radius 3 is 2.71 bits per heavy atom. The Hall–Kier alpha value is -2.08. The average molecular weight is 354 g/mol. The molecule has 0 bridgehead atoms. The summed E-state index contributed by atoms with van der Waals surface area (Å²) in [5.41, 5.74) is 1.04. The minimum atomic E-state index is -1.06. The van der Waals surface area contributed by atoms with Gasteiger partial charge in [0.15, 0.2) is 6.04 Å². The number of carboxylic acids is 1. The molecule has 4 nitrogen and oxygen atoms in total. The number of methoxy groups -OCH3 is 1. The van der Waals surface area contributed by atoms with Crippen LogP contribution in [0, 0.1) is 5.82 Å². The standard InChI is InChI=1S/C15H13BrFNO3/c1-21-11-4-2-3-10(8-11)18-14(15(19)20)9-5-6-13(17)12(16)7-9/h2-8,14,18H,1H3,(H,19,20). The SMILES string of the molecule is COc1cccc(NC(C(=O)O)c2ccc(F)c(Br)c2)c1. The largest absolute Gasteiger partial charge is 0.497 e. The molecule has 2 aromatic carbocycles. The number of ether oxygens (including phenoxy) is 1. The Kier molecular flexibility index (Phi) is 4.80. The average Bonchev–Trinajstić information content (AvgIpc) is 2.47. The number of hydrogen-bond donors (Lipinski definition) is 2. The van der Waals surface area contributed by atoms with Crippen LogP contribution in [0.3, 0.4) is 0 Å². The second-order valence-corrected chi connectivity index (χ2v) is 5.18. The third-order valence-electron chi connectivity index (χ3n) is 2.90. The quantitative estimate of drug-likeness (QED) is 0.857. The van der Waals surface area contributed by atoms with Gasteiger partial charge in [0.25, 0.3) is 0 Å². The maximum Gasteiger partial charge on any atom is 0.330 e. The summed E-state index contributed by atoms with van der Waals surface area (Å²) in [5.74, 6) is -0.884. The number of aliphatic carboxylic acids is 1. The number of hydrogen-bond acceptors (Lipinski definition) is 3. The number of rotatable bonds is 5. The number of benzene rings is 2. The number of halogens is 2. The van der Waals surface area contributed by atoms with Crippen molar-refractivity contribution in [1.82, 2.24) is 0 Å². The Balaban J connectivity index is 2.30. The molecule has 6 heteroatoms. The summed E-state index contributed by atoms with van der Waals surface area (Å²) in [6.45, 7) is 0. The second kappa shape index (κ2) is 6.58. The fourth-order valence-electron chi connectivity index (χ4n) is 1.86. The van der Waals surface area contributed by atoms with Crippen molar-refractivity contribution in [3.63, 3.8) is 0 Å². The molecular formula is C15H13BrFNO3. The van der Waals surface area contributed by atoms with Gasteiger partial charge in [-0.1, -0.05) is 12.1 Å². The summed E-state index contributed by atoms with van der Waals surface area (Å²) in [6.07, 6.45) is 0.